The molecule has 2 aromatic carbocycles. The van der Waals surface area contributed by atoms with Crippen LogP contribution in [0.25, 0.3) is 0 Å². The van der Waals surface area contributed by atoms with Crippen molar-refractivity contribution in [2.24, 2.45) is 0 Å². The monoisotopic (exact) mass is 357 g/mol. The van der Waals surface area contributed by atoms with E-state index in [9.17, 15) is 14.7 Å². The second-order valence-corrected chi connectivity index (χ2v) is 7.49. The molecule has 0 saturated heterocycles. The van der Waals surface area contributed by atoms with E-state index >= 15 is 0 Å². The van der Waals surface area contributed by atoms with Crippen molar-refractivity contribution >= 4 is 23.6 Å². The summed E-state index contributed by atoms with van der Waals surface area (Å²) in [6.07, 6.45) is 0. The number of carboxylic acids is 1. The summed E-state index contributed by atoms with van der Waals surface area (Å²) in [7, 11) is 0. The lowest BCUT2D eigenvalue weighted by molar-refractivity contribution is -0.143. The lowest BCUT2D eigenvalue weighted by Gasteiger charge is -2.26. The third kappa shape index (κ3) is 5.10. The Balaban J connectivity index is 1.93. The standard InChI is InChI=1S/C20H23NO3S/c1-15(25-13-16-9-5-3-6-10-16)18(22)21-14-20(2,19(23)24)17-11-7-4-8-12-17/h3-12,15H,13-14H2,1-2H3,(H,21,22)(H,23,24). The average molecular weight is 357 g/mol. The van der Waals surface area contributed by atoms with Crippen molar-refractivity contribution in [1.29, 1.82) is 0 Å². The number of amides is 1. The summed E-state index contributed by atoms with van der Waals surface area (Å²) in [5.74, 6) is -0.363. The van der Waals surface area contributed by atoms with E-state index in [1.807, 2.05) is 43.3 Å². The third-order valence-electron chi connectivity index (χ3n) is 4.21. The van der Waals surface area contributed by atoms with Crippen LogP contribution in [0.3, 0.4) is 0 Å². The van der Waals surface area contributed by atoms with E-state index in [0.29, 0.717) is 5.56 Å². The van der Waals surface area contributed by atoms with Crippen molar-refractivity contribution in [3.63, 3.8) is 0 Å². The molecule has 25 heavy (non-hydrogen) atoms. The molecule has 2 unspecified atom stereocenters. The molecule has 0 aliphatic carbocycles. The van der Waals surface area contributed by atoms with Crippen molar-refractivity contribution in [2.45, 2.75) is 30.3 Å². The van der Waals surface area contributed by atoms with Crippen LogP contribution in [-0.4, -0.2) is 28.8 Å². The Labute approximate surface area is 152 Å². The van der Waals surface area contributed by atoms with Gasteiger partial charge in [0.2, 0.25) is 5.91 Å². The highest BCUT2D eigenvalue weighted by Gasteiger charge is 2.35. The number of nitrogens with one attached hydrogen (secondary N) is 1. The summed E-state index contributed by atoms with van der Waals surface area (Å²) in [6, 6.07) is 18.9. The number of carboxylic acid groups (broad SMARTS) is 1. The molecule has 132 valence electrons. The summed E-state index contributed by atoms with van der Waals surface area (Å²) >= 11 is 1.53. The molecular weight excluding hydrogens is 334 g/mol. The molecule has 2 rings (SSSR count). The minimum atomic E-state index is -1.15. The van der Waals surface area contributed by atoms with E-state index in [1.54, 1.807) is 31.2 Å². The highest BCUT2D eigenvalue weighted by molar-refractivity contribution is 7.99. The summed E-state index contributed by atoms with van der Waals surface area (Å²) in [4.78, 5) is 24.1. The van der Waals surface area contributed by atoms with Gasteiger partial charge in [-0.3, -0.25) is 9.59 Å². The number of thioether (sulfide) groups is 1. The predicted octanol–water partition coefficient (Wildman–Crippen LogP) is 3.47. The molecule has 0 spiro atoms. The Morgan fingerprint density at radius 1 is 1.08 bits per heavy atom. The summed E-state index contributed by atoms with van der Waals surface area (Å²) in [5, 5.41) is 12.2. The second-order valence-electron chi connectivity index (χ2n) is 6.16. The molecule has 2 N–H and O–H groups in total. The number of hydrogen-bond acceptors (Lipinski definition) is 3. The normalized spacial score (nSPS) is 14.3. The largest absolute Gasteiger partial charge is 0.481 e. The van der Waals surface area contributed by atoms with Crippen LogP contribution in [0.5, 0.6) is 0 Å². The summed E-state index contributed by atoms with van der Waals surface area (Å²) < 4.78 is 0. The van der Waals surface area contributed by atoms with Gasteiger partial charge in [0, 0.05) is 12.3 Å². The summed E-state index contributed by atoms with van der Waals surface area (Å²) in [6.45, 7) is 3.53. The number of carbonyl (C=O) groups is 2. The van der Waals surface area contributed by atoms with Gasteiger partial charge in [0.05, 0.1) is 5.25 Å². The quantitative estimate of drug-likeness (QED) is 0.759. The predicted molar refractivity (Wildman–Crippen MR) is 102 cm³/mol. The molecule has 0 aromatic heterocycles. The SMILES string of the molecule is CC(SCc1ccccc1)C(=O)NCC(C)(C(=O)O)c1ccccc1. The minimum Gasteiger partial charge on any atom is -0.481 e. The fourth-order valence-corrected chi connectivity index (χ4v) is 3.26. The number of aliphatic carboxylic acids is 1. The van der Waals surface area contributed by atoms with Gasteiger partial charge in [-0.05, 0) is 25.0 Å². The Kier molecular flexibility index (Phi) is 6.65. The smallest absolute Gasteiger partial charge is 0.315 e. The molecular formula is C20H23NO3S. The highest BCUT2D eigenvalue weighted by atomic mass is 32.2. The van der Waals surface area contributed by atoms with Gasteiger partial charge in [0.1, 0.15) is 5.41 Å². The first-order valence-corrected chi connectivity index (χ1v) is 9.20. The van der Waals surface area contributed by atoms with Gasteiger partial charge < -0.3 is 10.4 Å². The number of hydrogen-bond donors (Lipinski definition) is 2. The third-order valence-corrected chi connectivity index (χ3v) is 5.43. The molecule has 0 radical (unpaired) electrons. The van der Waals surface area contributed by atoms with Crippen LogP contribution in [0, 0.1) is 0 Å². The Bertz CT molecular complexity index is 705. The number of rotatable bonds is 8. The maximum absolute atomic E-state index is 12.3. The Morgan fingerprint density at radius 3 is 2.20 bits per heavy atom. The molecule has 0 heterocycles. The molecule has 2 atom stereocenters. The van der Waals surface area contributed by atoms with Crippen molar-refractivity contribution in [2.75, 3.05) is 6.54 Å². The van der Waals surface area contributed by atoms with E-state index in [0.717, 1.165) is 11.3 Å². The van der Waals surface area contributed by atoms with Gasteiger partial charge in [-0.25, -0.2) is 0 Å². The molecule has 0 fully saturated rings. The van der Waals surface area contributed by atoms with Gasteiger partial charge >= 0.3 is 5.97 Å². The Hall–Kier alpha value is -2.27. The van der Waals surface area contributed by atoms with Crippen molar-refractivity contribution in [1.82, 2.24) is 5.32 Å². The first-order chi connectivity index (χ1) is 11.9. The van der Waals surface area contributed by atoms with Crippen LogP contribution < -0.4 is 5.32 Å². The van der Waals surface area contributed by atoms with Crippen LogP contribution >= 0.6 is 11.8 Å². The van der Waals surface area contributed by atoms with Gasteiger partial charge in [-0.1, -0.05) is 60.7 Å². The van der Waals surface area contributed by atoms with Gasteiger partial charge in [-0.2, -0.15) is 0 Å². The zero-order valence-corrected chi connectivity index (χ0v) is 15.3. The van der Waals surface area contributed by atoms with Crippen LogP contribution in [0.15, 0.2) is 60.7 Å². The fourth-order valence-electron chi connectivity index (χ4n) is 2.39. The fraction of sp³-hybridized carbons (Fsp3) is 0.300. The van der Waals surface area contributed by atoms with E-state index < -0.39 is 11.4 Å². The zero-order valence-electron chi connectivity index (χ0n) is 14.4. The molecule has 0 aliphatic rings. The van der Waals surface area contributed by atoms with Crippen molar-refractivity contribution in [3.8, 4) is 0 Å². The van der Waals surface area contributed by atoms with Gasteiger partial charge in [0.25, 0.3) is 0 Å². The average Bonchev–Trinajstić information content (AvgIpc) is 2.65. The highest BCUT2D eigenvalue weighted by Crippen LogP contribution is 2.24. The molecule has 1 amide bonds. The van der Waals surface area contributed by atoms with E-state index in [4.69, 9.17) is 0 Å². The van der Waals surface area contributed by atoms with Crippen LogP contribution in [-0.2, 0) is 20.8 Å². The number of benzene rings is 2. The second kappa shape index (κ2) is 8.72. The van der Waals surface area contributed by atoms with Crippen molar-refractivity contribution < 1.29 is 14.7 Å². The van der Waals surface area contributed by atoms with Gasteiger partial charge in [-0.15, -0.1) is 11.8 Å². The van der Waals surface area contributed by atoms with Crippen LogP contribution in [0.4, 0.5) is 0 Å². The van der Waals surface area contributed by atoms with Crippen molar-refractivity contribution in [3.05, 3.63) is 71.8 Å². The molecule has 0 bridgehead atoms. The van der Waals surface area contributed by atoms with Crippen LogP contribution in [0.2, 0.25) is 0 Å². The topological polar surface area (TPSA) is 66.4 Å². The molecule has 0 aliphatic heterocycles. The minimum absolute atomic E-state index is 0.0570. The molecule has 5 heteroatoms. The molecule has 0 saturated carbocycles. The first-order valence-electron chi connectivity index (χ1n) is 8.15. The Morgan fingerprint density at radius 2 is 1.64 bits per heavy atom. The number of carbonyl (C=O) groups excluding carboxylic acids is 1. The van der Waals surface area contributed by atoms with E-state index in [2.05, 4.69) is 5.32 Å². The maximum atomic E-state index is 12.3. The zero-order chi connectivity index (χ0) is 18.3. The van der Waals surface area contributed by atoms with Crippen LogP contribution in [0.1, 0.15) is 25.0 Å². The lowest BCUT2D eigenvalue weighted by atomic mass is 9.82. The first kappa shape index (κ1) is 19.1. The van der Waals surface area contributed by atoms with Gasteiger partial charge in [0.15, 0.2) is 0 Å². The molecule has 4 nitrogen and oxygen atoms in total. The lowest BCUT2D eigenvalue weighted by Crippen LogP contribution is -2.46. The summed E-state index contributed by atoms with van der Waals surface area (Å²) in [5.41, 5.74) is 0.681. The van der Waals surface area contributed by atoms with E-state index in [1.165, 1.54) is 11.8 Å². The molecule has 2 aromatic rings. The maximum Gasteiger partial charge on any atom is 0.315 e. The van der Waals surface area contributed by atoms with E-state index in [-0.39, 0.29) is 17.7 Å².